The van der Waals surface area contributed by atoms with E-state index >= 15 is 0 Å². The fourth-order valence-electron chi connectivity index (χ4n) is 2.69. The highest BCUT2D eigenvalue weighted by Gasteiger charge is 2.26. The van der Waals surface area contributed by atoms with Gasteiger partial charge in [0.05, 0.1) is 12.9 Å². The first-order chi connectivity index (χ1) is 13.8. The van der Waals surface area contributed by atoms with Crippen LogP contribution in [-0.2, 0) is 21.9 Å². The minimum atomic E-state index is -0.624. The average Bonchev–Trinajstić information content (AvgIpc) is 2.72. The summed E-state index contributed by atoms with van der Waals surface area (Å²) in [6, 6.07) is 12.2. The number of carbonyl (C=O) groups excluding carboxylic acids is 2. The molecule has 0 radical (unpaired) electrons. The van der Waals surface area contributed by atoms with Gasteiger partial charge in [0.1, 0.15) is 11.8 Å². The van der Waals surface area contributed by atoms with Crippen LogP contribution >= 0.6 is 35.0 Å². The van der Waals surface area contributed by atoms with Gasteiger partial charge in [-0.25, -0.2) is 0 Å². The van der Waals surface area contributed by atoms with Crippen LogP contribution in [0, 0.1) is 0 Å². The van der Waals surface area contributed by atoms with E-state index in [-0.39, 0.29) is 24.1 Å². The van der Waals surface area contributed by atoms with E-state index in [2.05, 4.69) is 5.32 Å². The zero-order valence-electron chi connectivity index (χ0n) is 16.6. The molecule has 29 heavy (non-hydrogen) atoms. The Morgan fingerprint density at radius 3 is 2.45 bits per heavy atom. The highest BCUT2D eigenvalue weighted by atomic mass is 35.5. The van der Waals surface area contributed by atoms with Crippen molar-refractivity contribution in [2.24, 2.45) is 0 Å². The first kappa shape index (κ1) is 23.4. The van der Waals surface area contributed by atoms with E-state index in [1.54, 1.807) is 39.3 Å². The second-order valence-electron chi connectivity index (χ2n) is 6.39. The lowest BCUT2D eigenvalue weighted by Crippen LogP contribution is -2.47. The topological polar surface area (TPSA) is 58.6 Å². The molecule has 1 atom stereocenters. The van der Waals surface area contributed by atoms with Crippen molar-refractivity contribution in [3.63, 3.8) is 0 Å². The maximum atomic E-state index is 12.9. The Balaban J connectivity index is 2.06. The zero-order valence-corrected chi connectivity index (χ0v) is 18.9. The fraction of sp³-hybridized carbons (Fsp3) is 0.333. The van der Waals surface area contributed by atoms with E-state index in [1.165, 1.54) is 16.7 Å². The molecule has 0 bridgehead atoms. The lowest BCUT2D eigenvalue weighted by molar-refractivity contribution is -0.138. The van der Waals surface area contributed by atoms with Gasteiger partial charge in [0.2, 0.25) is 11.8 Å². The molecule has 5 nitrogen and oxygen atoms in total. The molecular weight excluding hydrogens is 431 g/mol. The van der Waals surface area contributed by atoms with Gasteiger partial charge in [-0.3, -0.25) is 9.59 Å². The standard InChI is InChI=1S/C21H24Cl2N2O3S/c1-14(21(27)24-2)25(11-16-6-7-17(22)10-19(16)23)20(26)13-29-12-15-4-8-18(28-3)9-5-15/h4-10,14H,11-13H2,1-3H3,(H,24,27)/t14-/m1/s1. The molecule has 0 aliphatic rings. The van der Waals surface area contributed by atoms with Crippen molar-refractivity contribution in [2.75, 3.05) is 19.9 Å². The zero-order chi connectivity index (χ0) is 21.4. The smallest absolute Gasteiger partial charge is 0.242 e. The van der Waals surface area contributed by atoms with Crippen LogP contribution in [0.2, 0.25) is 10.0 Å². The molecule has 0 heterocycles. The molecule has 0 saturated heterocycles. The van der Waals surface area contributed by atoms with Gasteiger partial charge in [-0.05, 0) is 42.3 Å². The largest absolute Gasteiger partial charge is 0.497 e. The second kappa shape index (κ2) is 11.3. The van der Waals surface area contributed by atoms with Gasteiger partial charge in [0.15, 0.2) is 0 Å². The number of amides is 2. The van der Waals surface area contributed by atoms with Gasteiger partial charge < -0.3 is 15.0 Å². The number of benzene rings is 2. The summed E-state index contributed by atoms with van der Waals surface area (Å²) in [6.07, 6.45) is 0. The van der Waals surface area contributed by atoms with Crippen LogP contribution < -0.4 is 10.1 Å². The van der Waals surface area contributed by atoms with Gasteiger partial charge in [-0.1, -0.05) is 41.4 Å². The molecule has 156 valence electrons. The van der Waals surface area contributed by atoms with Crippen molar-refractivity contribution in [3.8, 4) is 5.75 Å². The number of nitrogens with zero attached hydrogens (tertiary/aromatic N) is 1. The number of halogens is 2. The first-order valence-electron chi connectivity index (χ1n) is 9.01. The van der Waals surface area contributed by atoms with Crippen LogP contribution in [-0.4, -0.2) is 42.7 Å². The maximum Gasteiger partial charge on any atom is 0.242 e. The minimum absolute atomic E-state index is 0.134. The Morgan fingerprint density at radius 1 is 1.17 bits per heavy atom. The van der Waals surface area contributed by atoms with Crippen LogP contribution in [0.15, 0.2) is 42.5 Å². The lowest BCUT2D eigenvalue weighted by Gasteiger charge is -2.28. The third-order valence-electron chi connectivity index (χ3n) is 4.42. The van der Waals surface area contributed by atoms with E-state index in [4.69, 9.17) is 27.9 Å². The van der Waals surface area contributed by atoms with E-state index in [0.717, 1.165) is 16.9 Å². The third kappa shape index (κ3) is 6.84. The molecule has 0 unspecified atom stereocenters. The highest BCUT2D eigenvalue weighted by molar-refractivity contribution is 7.99. The Bertz CT molecular complexity index is 846. The summed E-state index contributed by atoms with van der Waals surface area (Å²) in [6.45, 7) is 1.93. The predicted octanol–water partition coefficient (Wildman–Crippen LogP) is 4.40. The number of carbonyl (C=O) groups is 2. The highest BCUT2D eigenvalue weighted by Crippen LogP contribution is 2.24. The molecular formula is C21H24Cl2N2O3S. The summed E-state index contributed by atoms with van der Waals surface area (Å²) in [5.74, 6) is 1.35. The van der Waals surface area contributed by atoms with Crippen molar-refractivity contribution in [1.29, 1.82) is 0 Å². The molecule has 0 aliphatic carbocycles. The van der Waals surface area contributed by atoms with E-state index < -0.39 is 6.04 Å². The minimum Gasteiger partial charge on any atom is -0.497 e. The molecule has 0 fully saturated rings. The van der Waals surface area contributed by atoms with Crippen LogP contribution in [0.25, 0.3) is 0 Å². The Morgan fingerprint density at radius 2 is 1.86 bits per heavy atom. The second-order valence-corrected chi connectivity index (χ2v) is 8.22. The van der Waals surface area contributed by atoms with E-state index in [1.807, 2.05) is 24.3 Å². The van der Waals surface area contributed by atoms with Crippen molar-refractivity contribution < 1.29 is 14.3 Å². The number of hydrogen-bond acceptors (Lipinski definition) is 4. The number of hydrogen-bond donors (Lipinski definition) is 1. The van der Waals surface area contributed by atoms with Crippen LogP contribution in [0.1, 0.15) is 18.1 Å². The average molecular weight is 455 g/mol. The Kier molecular flexibility index (Phi) is 9.14. The van der Waals surface area contributed by atoms with Crippen molar-refractivity contribution in [2.45, 2.75) is 25.3 Å². The fourth-order valence-corrected chi connectivity index (χ4v) is 4.02. The van der Waals surface area contributed by atoms with Crippen LogP contribution in [0.5, 0.6) is 5.75 Å². The summed E-state index contributed by atoms with van der Waals surface area (Å²) in [7, 11) is 3.17. The van der Waals surface area contributed by atoms with Crippen LogP contribution in [0.3, 0.4) is 0 Å². The molecule has 1 N–H and O–H groups in total. The summed E-state index contributed by atoms with van der Waals surface area (Å²) in [5.41, 5.74) is 1.83. The molecule has 0 aromatic heterocycles. The number of ether oxygens (including phenoxy) is 1. The first-order valence-corrected chi connectivity index (χ1v) is 10.9. The third-order valence-corrected chi connectivity index (χ3v) is 6.00. The summed E-state index contributed by atoms with van der Waals surface area (Å²) >= 11 is 13.7. The quantitative estimate of drug-likeness (QED) is 0.609. The SMILES string of the molecule is CNC(=O)[C@@H](C)N(Cc1ccc(Cl)cc1Cl)C(=O)CSCc1ccc(OC)cc1. The molecule has 0 spiro atoms. The summed E-state index contributed by atoms with van der Waals surface area (Å²) in [5, 5.41) is 3.58. The number of likely N-dealkylation sites (N-methyl/N-ethyl adjacent to an activating group) is 1. The molecule has 2 rings (SSSR count). The number of methoxy groups -OCH3 is 1. The van der Waals surface area contributed by atoms with Gasteiger partial charge in [-0.15, -0.1) is 11.8 Å². The van der Waals surface area contributed by atoms with Crippen molar-refractivity contribution in [1.82, 2.24) is 10.2 Å². The predicted molar refractivity (Wildman–Crippen MR) is 120 cm³/mol. The number of thioether (sulfide) groups is 1. The molecule has 0 saturated carbocycles. The van der Waals surface area contributed by atoms with Gasteiger partial charge in [0, 0.05) is 29.4 Å². The van der Waals surface area contributed by atoms with Gasteiger partial charge >= 0.3 is 0 Å². The molecule has 0 aliphatic heterocycles. The molecule has 2 amide bonds. The van der Waals surface area contributed by atoms with Gasteiger partial charge in [-0.2, -0.15) is 0 Å². The van der Waals surface area contributed by atoms with Gasteiger partial charge in [0.25, 0.3) is 0 Å². The Hall–Kier alpha value is -1.89. The monoisotopic (exact) mass is 454 g/mol. The lowest BCUT2D eigenvalue weighted by atomic mass is 10.1. The van der Waals surface area contributed by atoms with E-state index in [0.29, 0.717) is 15.8 Å². The van der Waals surface area contributed by atoms with E-state index in [9.17, 15) is 9.59 Å². The number of rotatable bonds is 9. The molecule has 2 aromatic carbocycles. The van der Waals surface area contributed by atoms with Crippen LogP contribution in [0.4, 0.5) is 0 Å². The Labute approximate surface area is 185 Å². The maximum absolute atomic E-state index is 12.9. The summed E-state index contributed by atoms with van der Waals surface area (Å²) in [4.78, 5) is 26.6. The molecule has 2 aromatic rings. The van der Waals surface area contributed by atoms with Crippen molar-refractivity contribution >= 4 is 46.8 Å². The normalized spacial score (nSPS) is 11.6. The summed E-state index contributed by atoms with van der Waals surface area (Å²) < 4.78 is 5.15. The molecule has 8 heteroatoms. The van der Waals surface area contributed by atoms with Crippen molar-refractivity contribution in [3.05, 3.63) is 63.6 Å². The number of nitrogens with one attached hydrogen (secondary N) is 1.